The largest absolute Gasteiger partial charge is 0.493 e. The Bertz CT molecular complexity index is 1400. The first kappa shape index (κ1) is 23.4. The molecule has 4 aromatic rings. The second kappa shape index (κ2) is 10.1. The molecule has 0 saturated carbocycles. The summed E-state index contributed by atoms with van der Waals surface area (Å²) >= 11 is 1.65. The van der Waals surface area contributed by atoms with Crippen LogP contribution in [0.2, 0.25) is 0 Å². The number of hydrogen-bond donors (Lipinski definition) is 1. The van der Waals surface area contributed by atoms with Crippen molar-refractivity contribution >= 4 is 28.9 Å². The fraction of sp³-hybridized carbons (Fsp3) is 0.143. The van der Waals surface area contributed by atoms with Gasteiger partial charge in [-0.2, -0.15) is 11.3 Å². The number of nitrogens with zero attached hydrogens (tertiary/aromatic N) is 1. The van der Waals surface area contributed by atoms with Crippen molar-refractivity contribution in [2.45, 2.75) is 13.2 Å². The highest BCUT2D eigenvalue weighted by Crippen LogP contribution is 2.36. The molecule has 0 fully saturated rings. The van der Waals surface area contributed by atoms with E-state index in [0.717, 1.165) is 27.9 Å². The number of benzene rings is 3. The smallest absolute Gasteiger partial charge is 0.341 e. The summed E-state index contributed by atoms with van der Waals surface area (Å²) in [6.45, 7) is 0.215. The van der Waals surface area contributed by atoms with Crippen LogP contribution in [0.5, 0.6) is 17.2 Å². The van der Waals surface area contributed by atoms with Gasteiger partial charge < -0.3 is 24.2 Å². The number of carboxylic acid groups (broad SMARTS) is 1. The monoisotopic (exact) mass is 501 g/mol. The first-order valence-corrected chi connectivity index (χ1v) is 12.2. The first-order chi connectivity index (χ1) is 17.5. The molecule has 0 atom stereocenters. The van der Waals surface area contributed by atoms with Crippen LogP contribution in [-0.4, -0.2) is 30.7 Å². The van der Waals surface area contributed by atoms with E-state index < -0.39 is 12.6 Å². The van der Waals surface area contributed by atoms with Crippen molar-refractivity contribution in [1.82, 2.24) is 0 Å². The number of amides is 1. The van der Waals surface area contributed by atoms with E-state index in [9.17, 15) is 9.59 Å². The average molecular weight is 502 g/mol. The topological polar surface area (TPSA) is 85.3 Å². The van der Waals surface area contributed by atoms with Crippen molar-refractivity contribution in [2.75, 3.05) is 18.6 Å². The van der Waals surface area contributed by atoms with E-state index in [1.54, 1.807) is 34.4 Å². The average Bonchev–Trinajstić information content (AvgIpc) is 3.55. The van der Waals surface area contributed by atoms with E-state index >= 15 is 0 Å². The van der Waals surface area contributed by atoms with Gasteiger partial charge in [-0.25, -0.2) is 4.79 Å². The number of ether oxygens (including phenoxy) is 3. The first-order valence-electron chi connectivity index (χ1n) is 11.2. The quantitative estimate of drug-likeness (QED) is 0.320. The van der Waals surface area contributed by atoms with E-state index in [2.05, 4.69) is 11.4 Å². The third-order valence-corrected chi connectivity index (χ3v) is 6.62. The molecular weight excluding hydrogens is 478 g/mol. The summed E-state index contributed by atoms with van der Waals surface area (Å²) in [7, 11) is 1.49. The number of carbonyl (C=O) groups is 2. The lowest BCUT2D eigenvalue weighted by Crippen LogP contribution is -2.22. The molecule has 0 bridgehead atoms. The Hall–Kier alpha value is -4.30. The van der Waals surface area contributed by atoms with E-state index in [0.29, 0.717) is 29.4 Å². The van der Waals surface area contributed by atoms with Gasteiger partial charge in [0.2, 0.25) is 0 Å². The summed E-state index contributed by atoms with van der Waals surface area (Å²) in [5.41, 5.74) is 5.40. The maximum absolute atomic E-state index is 13.2. The van der Waals surface area contributed by atoms with Crippen LogP contribution >= 0.6 is 11.3 Å². The molecule has 0 spiro atoms. The fourth-order valence-electron chi connectivity index (χ4n) is 4.13. The van der Waals surface area contributed by atoms with Crippen LogP contribution in [0.4, 0.5) is 5.69 Å². The number of carbonyl (C=O) groups excluding carboxylic acids is 1. The molecule has 0 saturated heterocycles. The molecule has 1 N–H and O–H groups in total. The van der Waals surface area contributed by atoms with Crippen molar-refractivity contribution in [3.8, 4) is 28.4 Å². The molecule has 1 aliphatic heterocycles. The summed E-state index contributed by atoms with van der Waals surface area (Å²) in [5.74, 6) is 0.284. The molecule has 0 radical (unpaired) electrons. The van der Waals surface area contributed by atoms with Crippen molar-refractivity contribution < 1.29 is 28.9 Å². The van der Waals surface area contributed by atoms with Crippen LogP contribution in [0.3, 0.4) is 0 Å². The minimum atomic E-state index is -1.07. The van der Waals surface area contributed by atoms with Crippen molar-refractivity contribution in [1.29, 1.82) is 0 Å². The lowest BCUT2D eigenvalue weighted by atomic mass is 10.1. The number of anilines is 1. The Morgan fingerprint density at radius 2 is 1.81 bits per heavy atom. The molecule has 182 valence electrons. The summed E-state index contributed by atoms with van der Waals surface area (Å²) in [4.78, 5) is 25.7. The number of fused-ring (bicyclic) bond motifs is 1. The zero-order valence-electron chi connectivity index (χ0n) is 19.5. The number of methoxy groups -OCH3 is 1. The van der Waals surface area contributed by atoms with Crippen LogP contribution in [0.1, 0.15) is 21.5 Å². The highest BCUT2D eigenvalue weighted by molar-refractivity contribution is 7.08. The van der Waals surface area contributed by atoms with Gasteiger partial charge in [-0.3, -0.25) is 4.79 Å². The zero-order chi connectivity index (χ0) is 25.1. The molecule has 0 aliphatic carbocycles. The van der Waals surface area contributed by atoms with Gasteiger partial charge in [0.15, 0.2) is 18.1 Å². The minimum Gasteiger partial charge on any atom is -0.493 e. The fourth-order valence-corrected chi connectivity index (χ4v) is 4.80. The molecule has 1 amide bonds. The van der Waals surface area contributed by atoms with Gasteiger partial charge in [-0.1, -0.05) is 24.3 Å². The van der Waals surface area contributed by atoms with E-state index in [1.807, 2.05) is 47.8 Å². The van der Waals surface area contributed by atoms with Crippen molar-refractivity contribution in [3.05, 3.63) is 94.2 Å². The molecule has 1 aromatic heterocycles. The van der Waals surface area contributed by atoms with Gasteiger partial charge in [0.1, 0.15) is 12.4 Å². The lowest BCUT2D eigenvalue weighted by molar-refractivity contribution is -0.139. The van der Waals surface area contributed by atoms with Gasteiger partial charge in [-0.15, -0.1) is 0 Å². The predicted octanol–water partition coefficient (Wildman–Crippen LogP) is 5.63. The van der Waals surface area contributed by atoms with E-state index in [1.165, 1.54) is 7.11 Å². The molecule has 2 heterocycles. The molecule has 8 heteroatoms. The van der Waals surface area contributed by atoms with Gasteiger partial charge >= 0.3 is 5.97 Å². The Morgan fingerprint density at radius 3 is 2.53 bits per heavy atom. The highest BCUT2D eigenvalue weighted by Gasteiger charge is 2.31. The summed E-state index contributed by atoms with van der Waals surface area (Å²) in [6.07, 6.45) is 0. The normalized spacial score (nSPS) is 12.4. The second-order valence-corrected chi connectivity index (χ2v) is 8.97. The molecule has 36 heavy (non-hydrogen) atoms. The predicted molar refractivity (Wildman–Crippen MR) is 137 cm³/mol. The molecule has 5 rings (SSSR count). The Labute approximate surface area is 212 Å². The van der Waals surface area contributed by atoms with Gasteiger partial charge in [0.05, 0.1) is 13.7 Å². The minimum absolute atomic E-state index is 0.0552. The zero-order valence-corrected chi connectivity index (χ0v) is 20.3. The Balaban J connectivity index is 1.30. The number of rotatable bonds is 9. The molecule has 7 nitrogen and oxygen atoms in total. The third-order valence-electron chi connectivity index (χ3n) is 5.93. The van der Waals surface area contributed by atoms with Crippen LogP contribution in [0.25, 0.3) is 11.1 Å². The van der Waals surface area contributed by atoms with Crippen LogP contribution in [0, 0.1) is 0 Å². The number of aliphatic carboxylic acids is 1. The van der Waals surface area contributed by atoms with Gasteiger partial charge in [0, 0.05) is 16.8 Å². The standard InChI is InChI=1S/C28H23NO6S/c1-33-26-13-18(5-10-25(26)35-16-27(30)31)15-34-24-4-2-3-22-23(24)14-29(28(22)32)21-8-6-19(7-9-21)20-11-12-36-17-20/h2-13,17H,14-16H2,1H3,(H,30,31). The molecule has 1 aliphatic rings. The number of thiophene rings is 1. The van der Waals surface area contributed by atoms with Crippen molar-refractivity contribution in [2.24, 2.45) is 0 Å². The molecule has 0 unspecified atom stereocenters. The van der Waals surface area contributed by atoms with Crippen LogP contribution in [0.15, 0.2) is 77.5 Å². The van der Waals surface area contributed by atoms with E-state index in [-0.39, 0.29) is 12.5 Å². The Morgan fingerprint density at radius 1 is 0.972 bits per heavy atom. The lowest BCUT2D eigenvalue weighted by Gasteiger charge is -2.16. The number of hydrogen-bond acceptors (Lipinski definition) is 6. The maximum Gasteiger partial charge on any atom is 0.341 e. The summed E-state index contributed by atoms with van der Waals surface area (Å²) in [6, 6.07) is 20.8. The van der Waals surface area contributed by atoms with Gasteiger partial charge in [-0.05, 0) is 69.9 Å². The SMILES string of the molecule is COc1cc(COc2cccc3c2CN(c2ccc(-c4ccsc4)cc2)C3=O)ccc1OCC(=O)O. The summed E-state index contributed by atoms with van der Waals surface area (Å²) < 4.78 is 16.7. The highest BCUT2D eigenvalue weighted by atomic mass is 32.1. The van der Waals surface area contributed by atoms with Crippen molar-refractivity contribution in [3.63, 3.8) is 0 Å². The van der Waals surface area contributed by atoms with Crippen LogP contribution < -0.4 is 19.1 Å². The van der Waals surface area contributed by atoms with Gasteiger partial charge in [0.25, 0.3) is 5.91 Å². The Kier molecular flexibility index (Phi) is 6.60. The molecular formula is C28H23NO6S. The van der Waals surface area contributed by atoms with Crippen LogP contribution in [-0.2, 0) is 17.9 Å². The molecule has 3 aromatic carbocycles. The number of carboxylic acids is 1. The third kappa shape index (κ3) is 4.76. The second-order valence-electron chi connectivity index (χ2n) is 8.19. The maximum atomic E-state index is 13.2. The summed E-state index contributed by atoms with van der Waals surface area (Å²) in [5, 5.41) is 13.0. The van der Waals surface area contributed by atoms with E-state index in [4.69, 9.17) is 19.3 Å².